The van der Waals surface area contributed by atoms with Crippen molar-refractivity contribution in [3.05, 3.63) is 52.5 Å². The number of anilines is 1. The number of aryl methyl sites for hydroxylation is 1. The van der Waals surface area contributed by atoms with Crippen LogP contribution in [0.15, 0.2) is 18.2 Å². The van der Waals surface area contributed by atoms with Gasteiger partial charge in [-0.3, -0.25) is 0 Å². The molecule has 0 atom stereocenters. The Labute approximate surface area is 123 Å². The van der Waals surface area contributed by atoms with Crippen LogP contribution in [0.1, 0.15) is 36.5 Å². The molecule has 0 aliphatic heterocycles. The van der Waals surface area contributed by atoms with Crippen LogP contribution in [0.5, 0.6) is 0 Å². The monoisotopic (exact) mass is 291 g/mol. The predicted molar refractivity (Wildman–Crippen MR) is 79.5 cm³/mol. The highest BCUT2D eigenvalue weighted by atomic mass is 19.1. The molecule has 2 rings (SSSR count). The number of hydrogen-bond donors (Lipinski definition) is 1. The summed E-state index contributed by atoms with van der Waals surface area (Å²) in [5, 5.41) is 3.20. The Balaban J connectivity index is 2.37. The zero-order valence-electron chi connectivity index (χ0n) is 12.5. The van der Waals surface area contributed by atoms with E-state index in [1.807, 2.05) is 20.8 Å². The number of halogens is 2. The molecule has 0 spiro atoms. The van der Waals surface area contributed by atoms with Crippen LogP contribution in [-0.4, -0.2) is 16.5 Å². The van der Waals surface area contributed by atoms with Gasteiger partial charge in [0, 0.05) is 30.3 Å². The standard InChI is InChI=1S/C16H19F2N3/c1-4-14-10(3)16(19-5-2)21-15(20-14)8-11-6-7-12(17)9-13(11)18/h6-7,9H,4-5,8H2,1-3H3,(H,19,20,21). The summed E-state index contributed by atoms with van der Waals surface area (Å²) in [6, 6.07) is 3.57. The average molecular weight is 291 g/mol. The minimum Gasteiger partial charge on any atom is -0.370 e. The third-order valence-electron chi connectivity index (χ3n) is 3.34. The van der Waals surface area contributed by atoms with E-state index in [1.165, 1.54) is 12.1 Å². The van der Waals surface area contributed by atoms with Gasteiger partial charge in [-0.25, -0.2) is 18.7 Å². The molecule has 3 nitrogen and oxygen atoms in total. The second-order valence-corrected chi connectivity index (χ2v) is 4.86. The molecule has 0 bridgehead atoms. The second-order valence-electron chi connectivity index (χ2n) is 4.86. The lowest BCUT2D eigenvalue weighted by Gasteiger charge is -2.12. The van der Waals surface area contributed by atoms with E-state index in [1.54, 1.807) is 0 Å². The molecule has 0 saturated carbocycles. The molecule has 21 heavy (non-hydrogen) atoms. The van der Waals surface area contributed by atoms with Gasteiger partial charge in [0.1, 0.15) is 23.3 Å². The van der Waals surface area contributed by atoms with Crippen molar-refractivity contribution in [2.45, 2.75) is 33.6 Å². The molecule has 0 aliphatic carbocycles. The third-order valence-corrected chi connectivity index (χ3v) is 3.34. The number of benzene rings is 1. The van der Waals surface area contributed by atoms with Crippen LogP contribution >= 0.6 is 0 Å². The van der Waals surface area contributed by atoms with Crippen molar-refractivity contribution in [1.82, 2.24) is 9.97 Å². The molecule has 1 aromatic heterocycles. The van der Waals surface area contributed by atoms with E-state index < -0.39 is 11.6 Å². The van der Waals surface area contributed by atoms with Gasteiger partial charge >= 0.3 is 0 Å². The number of hydrogen-bond acceptors (Lipinski definition) is 3. The van der Waals surface area contributed by atoms with Gasteiger partial charge in [-0.1, -0.05) is 13.0 Å². The maximum Gasteiger partial charge on any atom is 0.135 e. The van der Waals surface area contributed by atoms with Gasteiger partial charge in [0.05, 0.1) is 0 Å². The van der Waals surface area contributed by atoms with Crippen molar-refractivity contribution in [2.75, 3.05) is 11.9 Å². The lowest BCUT2D eigenvalue weighted by Crippen LogP contribution is -2.10. The van der Waals surface area contributed by atoms with Crippen molar-refractivity contribution in [1.29, 1.82) is 0 Å². The third kappa shape index (κ3) is 3.54. The van der Waals surface area contributed by atoms with E-state index in [-0.39, 0.29) is 6.42 Å². The lowest BCUT2D eigenvalue weighted by atomic mass is 10.1. The number of aromatic nitrogens is 2. The molecule has 0 aliphatic rings. The summed E-state index contributed by atoms with van der Waals surface area (Å²) in [5.41, 5.74) is 2.35. The largest absolute Gasteiger partial charge is 0.370 e. The average Bonchev–Trinajstić information content (AvgIpc) is 2.45. The zero-order chi connectivity index (χ0) is 15.4. The van der Waals surface area contributed by atoms with Crippen molar-refractivity contribution < 1.29 is 8.78 Å². The Hall–Kier alpha value is -2.04. The van der Waals surface area contributed by atoms with Crippen molar-refractivity contribution in [3.8, 4) is 0 Å². The zero-order valence-corrected chi connectivity index (χ0v) is 12.5. The van der Waals surface area contributed by atoms with E-state index in [9.17, 15) is 8.78 Å². The van der Waals surface area contributed by atoms with E-state index in [0.717, 1.165) is 36.1 Å². The van der Waals surface area contributed by atoms with Gasteiger partial charge in [0.25, 0.3) is 0 Å². The smallest absolute Gasteiger partial charge is 0.135 e. The number of rotatable bonds is 5. The maximum absolute atomic E-state index is 13.7. The summed E-state index contributed by atoms with van der Waals surface area (Å²) in [5.74, 6) is 0.173. The van der Waals surface area contributed by atoms with Gasteiger partial charge < -0.3 is 5.32 Å². The molecule has 2 aromatic rings. The molecule has 0 unspecified atom stereocenters. The Morgan fingerprint density at radius 3 is 2.52 bits per heavy atom. The van der Waals surface area contributed by atoms with Gasteiger partial charge in [-0.2, -0.15) is 0 Å². The van der Waals surface area contributed by atoms with Gasteiger partial charge in [0.2, 0.25) is 0 Å². The molecule has 0 saturated heterocycles. The summed E-state index contributed by atoms with van der Waals surface area (Å²) in [6.45, 7) is 6.74. The quantitative estimate of drug-likeness (QED) is 0.913. The summed E-state index contributed by atoms with van der Waals surface area (Å²) < 4.78 is 26.7. The first-order valence-electron chi connectivity index (χ1n) is 7.09. The fourth-order valence-electron chi connectivity index (χ4n) is 2.21. The van der Waals surface area contributed by atoms with E-state index in [0.29, 0.717) is 11.4 Å². The van der Waals surface area contributed by atoms with E-state index in [4.69, 9.17) is 0 Å². The van der Waals surface area contributed by atoms with Crippen LogP contribution in [0.2, 0.25) is 0 Å². The summed E-state index contributed by atoms with van der Waals surface area (Å²) in [7, 11) is 0. The highest BCUT2D eigenvalue weighted by Crippen LogP contribution is 2.19. The first-order chi connectivity index (χ1) is 10.0. The van der Waals surface area contributed by atoms with E-state index in [2.05, 4.69) is 15.3 Å². The van der Waals surface area contributed by atoms with Crippen molar-refractivity contribution in [2.24, 2.45) is 0 Å². The molecule has 0 amide bonds. The minimum atomic E-state index is -0.580. The highest BCUT2D eigenvalue weighted by molar-refractivity contribution is 5.46. The van der Waals surface area contributed by atoms with Crippen molar-refractivity contribution >= 4 is 5.82 Å². The maximum atomic E-state index is 13.7. The first kappa shape index (κ1) is 15.4. The Morgan fingerprint density at radius 2 is 1.90 bits per heavy atom. The molecule has 5 heteroatoms. The summed E-state index contributed by atoms with van der Waals surface area (Å²) in [6.07, 6.45) is 1.03. The summed E-state index contributed by atoms with van der Waals surface area (Å²) >= 11 is 0. The molecular weight excluding hydrogens is 272 g/mol. The topological polar surface area (TPSA) is 37.8 Å². The van der Waals surface area contributed by atoms with Crippen molar-refractivity contribution in [3.63, 3.8) is 0 Å². The fourth-order valence-corrected chi connectivity index (χ4v) is 2.21. The predicted octanol–water partition coefficient (Wildman–Crippen LogP) is 3.65. The highest BCUT2D eigenvalue weighted by Gasteiger charge is 2.12. The fraction of sp³-hybridized carbons (Fsp3) is 0.375. The molecule has 112 valence electrons. The van der Waals surface area contributed by atoms with Crippen LogP contribution in [-0.2, 0) is 12.8 Å². The second kappa shape index (κ2) is 6.61. The molecule has 1 N–H and O–H groups in total. The Bertz CT molecular complexity index is 642. The van der Waals surface area contributed by atoms with Crippen LogP contribution < -0.4 is 5.32 Å². The van der Waals surface area contributed by atoms with Crippen LogP contribution in [0.25, 0.3) is 0 Å². The molecule has 0 radical (unpaired) electrons. The van der Waals surface area contributed by atoms with Gasteiger partial charge in [-0.05, 0) is 31.9 Å². The molecule has 1 heterocycles. The minimum absolute atomic E-state index is 0.248. The number of nitrogens with zero attached hydrogens (tertiary/aromatic N) is 2. The normalized spacial score (nSPS) is 10.7. The van der Waals surface area contributed by atoms with Crippen LogP contribution in [0, 0.1) is 18.6 Å². The van der Waals surface area contributed by atoms with Gasteiger partial charge in [-0.15, -0.1) is 0 Å². The Morgan fingerprint density at radius 1 is 1.14 bits per heavy atom. The first-order valence-corrected chi connectivity index (χ1v) is 7.09. The molecule has 0 fully saturated rings. The number of nitrogens with one attached hydrogen (secondary N) is 1. The summed E-state index contributed by atoms with van der Waals surface area (Å²) in [4.78, 5) is 8.93. The van der Waals surface area contributed by atoms with Crippen LogP contribution in [0.3, 0.4) is 0 Å². The molecular formula is C16H19F2N3. The SMILES string of the molecule is CCNc1nc(Cc2ccc(F)cc2F)nc(CC)c1C. The Kier molecular flexibility index (Phi) is 4.83. The van der Waals surface area contributed by atoms with E-state index >= 15 is 0 Å². The molecule has 1 aromatic carbocycles. The van der Waals surface area contributed by atoms with Crippen LogP contribution in [0.4, 0.5) is 14.6 Å². The van der Waals surface area contributed by atoms with Gasteiger partial charge in [0.15, 0.2) is 0 Å². The lowest BCUT2D eigenvalue weighted by molar-refractivity contribution is 0.573.